The average molecular weight is 306 g/mol. The van der Waals surface area contributed by atoms with Crippen molar-refractivity contribution in [3.63, 3.8) is 0 Å². The summed E-state index contributed by atoms with van der Waals surface area (Å²) >= 11 is 0. The Morgan fingerprint density at radius 3 is 2.48 bits per heavy atom. The summed E-state index contributed by atoms with van der Waals surface area (Å²) < 4.78 is 2.01. The first kappa shape index (κ1) is 14.8. The van der Waals surface area contributed by atoms with Crippen molar-refractivity contribution in [1.82, 2.24) is 14.9 Å². The Morgan fingerprint density at radius 1 is 1.09 bits per heavy atom. The van der Waals surface area contributed by atoms with E-state index < -0.39 is 0 Å². The van der Waals surface area contributed by atoms with Gasteiger partial charge in [-0.25, -0.2) is 9.78 Å². The van der Waals surface area contributed by atoms with Crippen LogP contribution in [0.25, 0.3) is 5.69 Å². The molecule has 2 N–H and O–H groups in total. The number of hydrogen-bond acceptors (Lipinski definition) is 2. The number of hydrogen-bond donors (Lipinski definition) is 2. The van der Waals surface area contributed by atoms with E-state index in [1.54, 1.807) is 6.20 Å². The molecule has 0 radical (unpaired) electrons. The zero-order valence-electron chi connectivity index (χ0n) is 12.9. The number of aryl methyl sites for hydroxylation is 1. The molecule has 5 heteroatoms. The number of anilines is 1. The summed E-state index contributed by atoms with van der Waals surface area (Å²) in [5.41, 5.74) is 2.86. The fourth-order valence-corrected chi connectivity index (χ4v) is 2.30. The molecule has 0 unspecified atom stereocenters. The Balaban J connectivity index is 1.56. The van der Waals surface area contributed by atoms with Gasteiger partial charge in [0.1, 0.15) is 5.82 Å². The van der Waals surface area contributed by atoms with Crippen LogP contribution in [0.2, 0.25) is 0 Å². The van der Waals surface area contributed by atoms with Crippen molar-refractivity contribution in [2.45, 2.75) is 13.5 Å². The van der Waals surface area contributed by atoms with Gasteiger partial charge in [-0.1, -0.05) is 30.3 Å². The first-order valence-corrected chi connectivity index (χ1v) is 7.41. The van der Waals surface area contributed by atoms with Crippen LogP contribution in [0.5, 0.6) is 0 Å². The summed E-state index contributed by atoms with van der Waals surface area (Å²) in [5, 5.41) is 5.63. The minimum atomic E-state index is -0.217. The molecule has 0 aliphatic heterocycles. The van der Waals surface area contributed by atoms with E-state index in [9.17, 15) is 4.79 Å². The van der Waals surface area contributed by atoms with Crippen LogP contribution < -0.4 is 10.6 Å². The fourth-order valence-electron chi connectivity index (χ4n) is 2.30. The molecule has 2 aromatic carbocycles. The SMILES string of the molecule is Cc1nccn1-c1ccc(CNC(=O)Nc2ccccc2)cc1. The monoisotopic (exact) mass is 306 g/mol. The number of urea groups is 1. The van der Waals surface area contributed by atoms with Gasteiger partial charge in [-0.3, -0.25) is 0 Å². The molecule has 116 valence electrons. The minimum Gasteiger partial charge on any atom is -0.334 e. The third-order valence-electron chi connectivity index (χ3n) is 3.52. The summed E-state index contributed by atoms with van der Waals surface area (Å²) in [6, 6.07) is 17.2. The number of benzene rings is 2. The lowest BCUT2D eigenvalue weighted by atomic mass is 10.2. The average Bonchev–Trinajstić information content (AvgIpc) is 3.00. The highest BCUT2D eigenvalue weighted by atomic mass is 16.2. The van der Waals surface area contributed by atoms with E-state index in [0.717, 1.165) is 22.8 Å². The zero-order valence-corrected chi connectivity index (χ0v) is 12.9. The molecule has 0 atom stereocenters. The van der Waals surface area contributed by atoms with Crippen LogP contribution in [0, 0.1) is 6.92 Å². The molecule has 0 spiro atoms. The van der Waals surface area contributed by atoms with E-state index in [-0.39, 0.29) is 6.03 Å². The second-order valence-corrected chi connectivity index (χ2v) is 5.18. The van der Waals surface area contributed by atoms with Crippen LogP contribution >= 0.6 is 0 Å². The normalized spacial score (nSPS) is 10.3. The van der Waals surface area contributed by atoms with Crippen LogP contribution in [-0.2, 0) is 6.54 Å². The van der Waals surface area contributed by atoms with Gasteiger partial charge < -0.3 is 15.2 Å². The van der Waals surface area contributed by atoms with Gasteiger partial charge in [0, 0.05) is 30.3 Å². The minimum absolute atomic E-state index is 0.217. The molecule has 5 nitrogen and oxygen atoms in total. The number of nitrogens with one attached hydrogen (secondary N) is 2. The molecule has 0 aliphatic carbocycles. The van der Waals surface area contributed by atoms with Crippen LogP contribution in [-0.4, -0.2) is 15.6 Å². The van der Waals surface area contributed by atoms with Crippen molar-refractivity contribution in [3.05, 3.63) is 78.4 Å². The molecule has 1 aromatic heterocycles. The highest BCUT2D eigenvalue weighted by Gasteiger charge is 2.03. The molecule has 1 heterocycles. The molecule has 2 amide bonds. The number of amides is 2. The zero-order chi connectivity index (χ0) is 16.1. The molecule has 23 heavy (non-hydrogen) atoms. The number of aromatic nitrogens is 2. The standard InChI is InChI=1S/C18H18N4O/c1-14-19-11-12-22(14)17-9-7-15(8-10-17)13-20-18(23)21-16-5-3-2-4-6-16/h2-12H,13H2,1H3,(H2,20,21,23). The highest BCUT2D eigenvalue weighted by molar-refractivity contribution is 5.89. The van der Waals surface area contributed by atoms with E-state index in [4.69, 9.17) is 0 Å². The molecular formula is C18H18N4O. The van der Waals surface area contributed by atoms with Crippen molar-refractivity contribution in [2.75, 3.05) is 5.32 Å². The molecule has 3 aromatic rings. The summed E-state index contributed by atoms with van der Waals surface area (Å²) in [5.74, 6) is 0.943. The maximum absolute atomic E-state index is 11.8. The maximum atomic E-state index is 11.8. The van der Waals surface area contributed by atoms with Crippen molar-refractivity contribution >= 4 is 11.7 Å². The maximum Gasteiger partial charge on any atom is 0.319 e. The van der Waals surface area contributed by atoms with Gasteiger partial charge in [0.05, 0.1) is 0 Å². The van der Waals surface area contributed by atoms with Gasteiger partial charge >= 0.3 is 6.03 Å². The van der Waals surface area contributed by atoms with Crippen molar-refractivity contribution in [3.8, 4) is 5.69 Å². The van der Waals surface area contributed by atoms with Crippen LogP contribution in [0.4, 0.5) is 10.5 Å². The van der Waals surface area contributed by atoms with Gasteiger partial charge in [0.25, 0.3) is 0 Å². The van der Waals surface area contributed by atoms with Crippen molar-refractivity contribution < 1.29 is 4.79 Å². The third kappa shape index (κ3) is 3.77. The molecule has 0 saturated heterocycles. The third-order valence-corrected chi connectivity index (χ3v) is 3.52. The fraction of sp³-hybridized carbons (Fsp3) is 0.111. The lowest BCUT2D eigenvalue weighted by Gasteiger charge is -2.09. The lowest BCUT2D eigenvalue weighted by molar-refractivity contribution is 0.251. The van der Waals surface area contributed by atoms with Gasteiger partial charge in [-0.15, -0.1) is 0 Å². The molecule has 3 rings (SSSR count). The van der Waals surface area contributed by atoms with Gasteiger partial charge in [0.2, 0.25) is 0 Å². The topological polar surface area (TPSA) is 59.0 Å². The number of carbonyl (C=O) groups is 1. The van der Waals surface area contributed by atoms with E-state index in [2.05, 4.69) is 15.6 Å². The predicted molar refractivity (Wildman–Crippen MR) is 90.6 cm³/mol. The molecular weight excluding hydrogens is 288 g/mol. The Morgan fingerprint density at radius 2 is 1.83 bits per heavy atom. The Labute approximate surface area is 135 Å². The molecule has 0 fully saturated rings. The van der Waals surface area contributed by atoms with Crippen LogP contribution in [0.1, 0.15) is 11.4 Å². The van der Waals surface area contributed by atoms with Gasteiger partial charge in [-0.05, 0) is 36.8 Å². The smallest absolute Gasteiger partial charge is 0.319 e. The predicted octanol–water partition coefficient (Wildman–Crippen LogP) is 3.50. The van der Waals surface area contributed by atoms with E-state index in [1.165, 1.54) is 0 Å². The Kier molecular flexibility index (Phi) is 4.38. The van der Waals surface area contributed by atoms with Gasteiger partial charge in [-0.2, -0.15) is 0 Å². The second kappa shape index (κ2) is 6.79. The summed E-state index contributed by atoms with van der Waals surface area (Å²) in [6.07, 6.45) is 3.70. The Bertz CT molecular complexity index is 778. The molecule has 0 saturated carbocycles. The number of nitrogens with zero attached hydrogens (tertiary/aromatic N) is 2. The summed E-state index contributed by atoms with van der Waals surface area (Å²) in [7, 11) is 0. The second-order valence-electron chi connectivity index (χ2n) is 5.18. The number of carbonyl (C=O) groups excluding carboxylic acids is 1. The first-order chi connectivity index (χ1) is 11.2. The quantitative estimate of drug-likeness (QED) is 0.775. The Hall–Kier alpha value is -3.08. The summed E-state index contributed by atoms with van der Waals surface area (Å²) in [4.78, 5) is 16.1. The number of imidazole rings is 1. The van der Waals surface area contributed by atoms with E-state index >= 15 is 0 Å². The largest absolute Gasteiger partial charge is 0.334 e. The first-order valence-electron chi connectivity index (χ1n) is 7.41. The van der Waals surface area contributed by atoms with Crippen LogP contribution in [0.3, 0.4) is 0 Å². The molecule has 0 aliphatic rings. The van der Waals surface area contributed by atoms with Crippen molar-refractivity contribution in [1.29, 1.82) is 0 Å². The highest BCUT2D eigenvalue weighted by Crippen LogP contribution is 2.12. The van der Waals surface area contributed by atoms with Crippen molar-refractivity contribution in [2.24, 2.45) is 0 Å². The van der Waals surface area contributed by atoms with E-state index in [0.29, 0.717) is 6.54 Å². The van der Waals surface area contributed by atoms with Crippen LogP contribution in [0.15, 0.2) is 67.0 Å². The summed E-state index contributed by atoms with van der Waals surface area (Å²) in [6.45, 7) is 2.44. The molecule has 0 bridgehead atoms. The number of para-hydroxylation sites is 1. The van der Waals surface area contributed by atoms with E-state index in [1.807, 2.05) is 72.3 Å². The number of rotatable bonds is 4. The van der Waals surface area contributed by atoms with Gasteiger partial charge in [0.15, 0.2) is 0 Å². The lowest BCUT2D eigenvalue weighted by Crippen LogP contribution is -2.28.